The number of hydrogen-bond acceptors (Lipinski definition) is 7. The summed E-state index contributed by atoms with van der Waals surface area (Å²) >= 11 is 7.74. The number of alkyl halides is 3. The highest BCUT2D eigenvalue weighted by Crippen LogP contribution is 2.40. The Hall–Kier alpha value is -3.96. The highest BCUT2D eigenvalue weighted by molar-refractivity contribution is 7.18. The molecule has 0 atom stereocenters. The molecule has 0 aliphatic carbocycles. The van der Waals surface area contributed by atoms with Crippen molar-refractivity contribution >= 4 is 50.0 Å². The summed E-state index contributed by atoms with van der Waals surface area (Å²) in [4.78, 5) is 34.9. The van der Waals surface area contributed by atoms with Crippen molar-refractivity contribution < 1.29 is 27.4 Å². The number of aryl methyl sites for hydroxylation is 2. The molecule has 3 aromatic heterocycles. The van der Waals surface area contributed by atoms with Gasteiger partial charge in [0.1, 0.15) is 23.8 Å². The van der Waals surface area contributed by atoms with Gasteiger partial charge < -0.3 is 9.47 Å². The molecule has 0 aliphatic rings. The Bertz CT molecular complexity index is 1940. The van der Waals surface area contributed by atoms with Gasteiger partial charge in [-0.3, -0.25) is 14.3 Å². The Kier molecular flexibility index (Phi) is 8.00. The Labute approximate surface area is 253 Å². The van der Waals surface area contributed by atoms with Gasteiger partial charge in [0.25, 0.3) is 5.56 Å². The van der Waals surface area contributed by atoms with Gasteiger partial charge in [0.2, 0.25) is 0 Å². The summed E-state index contributed by atoms with van der Waals surface area (Å²) in [6.07, 6.45) is -4.54. The molecule has 0 radical (unpaired) electrons. The molecule has 0 fully saturated rings. The molecule has 7 nitrogen and oxygen atoms in total. The van der Waals surface area contributed by atoms with Crippen molar-refractivity contribution in [2.75, 3.05) is 6.61 Å². The minimum atomic E-state index is -4.54. The second-order valence-corrected chi connectivity index (χ2v) is 12.3. The van der Waals surface area contributed by atoms with E-state index in [0.717, 1.165) is 28.5 Å². The standard InChI is InChI=1S/C31H27ClF3N3O4S/c1-16-12-22(27-26(36-16)23(15-43-27)29(40)42-30(3,4)5)21-14-19(32)7-9-25(21)41-11-10-38-17(2)37-24-13-18(31(33,34)35)6-8-20(24)28(38)39/h6-9,12-15H,10-11H2,1-5H3. The predicted molar refractivity (Wildman–Crippen MR) is 161 cm³/mol. The topological polar surface area (TPSA) is 83.3 Å². The fourth-order valence-corrected chi connectivity index (χ4v) is 5.85. The summed E-state index contributed by atoms with van der Waals surface area (Å²) in [6.45, 7) is 8.94. The van der Waals surface area contributed by atoms with E-state index in [1.54, 1.807) is 51.3 Å². The summed E-state index contributed by atoms with van der Waals surface area (Å²) in [5, 5.41) is 2.27. The number of nitrogens with zero attached hydrogens (tertiary/aromatic N) is 3. The van der Waals surface area contributed by atoms with Crippen LogP contribution in [0.15, 0.2) is 52.6 Å². The van der Waals surface area contributed by atoms with Gasteiger partial charge in [-0.25, -0.2) is 9.78 Å². The van der Waals surface area contributed by atoms with E-state index in [1.807, 2.05) is 13.0 Å². The number of esters is 1. The highest BCUT2D eigenvalue weighted by atomic mass is 35.5. The lowest BCUT2D eigenvalue weighted by molar-refractivity contribution is -0.137. The van der Waals surface area contributed by atoms with Crippen molar-refractivity contribution in [3.8, 4) is 16.9 Å². The Morgan fingerprint density at radius 1 is 1.02 bits per heavy atom. The summed E-state index contributed by atoms with van der Waals surface area (Å²) in [6, 6.07) is 9.93. The van der Waals surface area contributed by atoms with E-state index in [2.05, 4.69) is 9.97 Å². The predicted octanol–water partition coefficient (Wildman–Crippen LogP) is 8.00. The quantitative estimate of drug-likeness (QED) is 0.177. The minimum Gasteiger partial charge on any atom is -0.491 e. The van der Waals surface area contributed by atoms with Crippen molar-refractivity contribution in [2.24, 2.45) is 0 Å². The SMILES string of the molecule is Cc1cc(-c2cc(Cl)ccc2OCCn2c(C)nc3cc(C(F)(F)F)ccc3c2=O)c2scc(C(=O)OC(C)(C)C)c2n1. The second kappa shape index (κ2) is 11.3. The molecule has 12 heteroatoms. The van der Waals surface area contributed by atoms with E-state index < -0.39 is 28.9 Å². The maximum Gasteiger partial charge on any atom is 0.416 e. The van der Waals surface area contributed by atoms with Crippen LogP contribution in [0.3, 0.4) is 0 Å². The third kappa shape index (κ3) is 6.37. The van der Waals surface area contributed by atoms with E-state index >= 15 is 0 Å². The van der Waals surface area contributed by atoms with Gasteiger partial charge >= 0.3 is 12.1 Å². The van der Waals surface area contributed by atoms with Crippen LogP contribution in [0, 0.1) is 13.8 Å². The first kappa shape index (κ1) is 30.5. The molecule has 2 aromatic carbocycles. The van der Waals surface area contributed by atoms with Gasteiger partial charge in [-0.2, -0.15) is 13.2 Å². The lowest BCUT2D eigenvalue weighted by atomic mass is 10.0. The van der Waals surface area contributed by atoms with Crippen LogP contribution in [-0.4, -0.2) is 32.7 Å². The molecule has 0 amide bonds. The van der Waals surface area contributed by atoms with Gasteiger partial charge in [0, 0.05) is 27.2 Å². The maximum atomic E-state index is 13.1. The second-order valence-electron chi connectivity index (χ2n) is 11.0. The van der Waals surface area contributed by atoms with Crippen molar-refractivity contribution in [1.29, 1.82) is 0 Å². The van der Waals surface area contributed by atoms with Crippen molar-refractivity contribution in [3.63, 3.8) is 0 Å². The third-order valence-corrected chi connectivity index (χ3v) is 7.78. The summed E-state index contributed by atoms with van der Waals surface area (Å²) in [5.74, 6) is 0.277. The van der Waals surface area contributed by atoms with Gasteiger partial charge in [-0.05, 0) is 77.1 Å². The molecule has 0 saturated carbocycles. The minimum absolute atomic E-state index is 0.0201. The first-order valence-electron chi connectivity index (χ1n) is 13.3. The first-order valence-corrected chi connectivity index (χ1v) is 14.5. The number of hydrogen-bond donors (Lipinski definition) is 0. The third-order valence-electron chi connectivity index (χ3n) is 6.55. The maximum absolute atomic E-state index is 13.1. The molecule has 5 aromatic rings. The lowest BCUT2D eigenvalue weighted by Crippen LogP contribution is -2.26. The number of aromatic nitrogens is 3. The zero-order valence-corrected chi connectivity index (χ0v) is 25.5. The monoisotopic (exact) mass is 629 g/mol. The Balaban J connectivity index is 1.46. The van der Waals surface area contributed by atoms with Crippen LogP contribution >= 0.6 is 22.9 Å². The van der Waals surface area contributed by atoms with Crippen molar-refractivity contribution in [2.45, 2.75) is 52.9 Å². The van der Waals surface area contributed by atoms with E-state index in [4.69, 9.17) is 21.1 Å². The Morgan fingerprint density at radius 2 is 1.77 bits per heavy atom. The molecule has 0 unspecified atom stereocenters. The van der Waals surface area contributed by atoms with Crippen LogP contribution < -0.4 is 10.3 Å². The molecule has 0 saturated heterocycles. The summed E-state index contributed by atoms with van der Waals surface area (Å²) < 4.78 is 53.3. The lowest BCUT2D eigenvalue weighted by Gasteiger charge is -2.19. The summed E-state index contributed by atoms with van der Waals surface area (Å²) in [7, 11) is 0. The average Bonchev–Trinajstić information content (AvgIpc) is 3.33. The van der Waals surface area contributed by atoms with E-state index in [9.17, 15) is 22.8 Å². The molecular weight excluding hydrogens is 603 g/mol. The number of carbonyl (C=O) groups is 1. The molecule has 0 N–H and O–H groups in total. The number of rotatable bonds is 6. The number of thiophene rings is 1. The zero-order chi connectivity index (χ0) is 31.3. The largest absolute Gasteiger partial charge is 0.491 e. The van der Waals surface area contributed by atoms with Crippen LogP contribution in [0.25, 0.3) is 32.2 Å². The van der Waals surface area contributed by atoms with E-state index in [0.29, 0.717) is 33.1 Å². The molecule has 5 rings (SSSR count). The highest BCUT2D eigenvalue weighted by Gasteiger charge is 2.31. The van der Waals surface area contributed by atoms with Gasteiger partial charge in [-0.15, -0.1) is 11.3 Å². The fourth-order valence-electron chi connectivity index (χ4n) is 4.67. The number of pyridine rings is 1. The van der Waals surface area contributed by atoms with E-state index in [-0.39, 0.29) is 29.9 Å². The van der Waals surface area contributed by atoms with Crippen LogP contribution in [-0.2, 0) is 17.5 Å². The van der Waals surface area contributed by atoms with Gasteiger partial charge in [-0.1, -0.05) is 11.6 Å². The van der Waals surface area contributed by atoms with E-state index in [1.165, 1.54) is 15.9 Å². The fraction of sp³-hybridized carbons (Fsp3) is 0.290. The van der Waals surface area contributed by atoms with Crippen molar-refractivity contribution in [1.82, 2.24) is 14.5 Å². The Morgan fingerprint density at radius 3 is 2.47 bits per heavy atom. The van der Waals surface area contributed by atoms with Crippen LogP contribution in [0.1, 0.15) is 48.2 Å². The average molecular weight is 630 g/mol. The van der Waals surface area contributed by atoms with Crippen molar-refractivity contribution in [3.05, 3.63) is 85.9 Å². The smallest absolute Gasteiger partial charge is 0.416 e. The zero-order valence-electron chi connectivity index (χ0n) is 23.9. The number of halogens is 4. The normalized spacial score (nSPS) is 12.2. The molecule has 224 valence electrons. The van der Waals surface area contributed by atoms with Crippen LogP contribution in [0.4, 0.5) is 13.2 Å². The molecular formula is C31H27ClF3N3O4S. The first-order chi connectivity index (χ1) is 20.1. The van der Waals surface area contributed by atoms with Crippen LogP contribution in [0.5, 0.6) is 5.75 Å². The van der Waals surface area contributed by atoms with Crippen LogP contribution in [0.2, 0.25) is 5.02 Å². The van der Waals surface area contributed by atoms with Gasteiger partial charge in [0.15, 0.2) is 0 Å². The molecule has 0 spiro atoms. The number of fused-ring (bicyclic) bond motifs is 2. The molecule has 0 bridgehead atoms. The van der Waals surface area contributed by atoms with Gasteiger partial charge in [0.05, 0.1) is 38.8 Å². The summed E-state index contributed by atoms with van der Waals surface area (Å²) in [5.41, 5.74) is 0.968. The molecule has 43 heavy (non-hydrogen) atoms. The molecule has 0 aliphatic heterocycles. The number of carbonyl (C=O) groups excluding carboxylic acids is 1. The number of ether oxygens (including phenoxy) is 2. The molecule has 3 heterocycles. The number of benzene rings is 2.